The van der Waals surface area contributed by atoms with Crippen LogP contribution in [0.5, 0.6) is 5.75 Å². The highest BCUT2D eigenvalue weighted by atomic mass is 16.5. The summed E-state index contributed by atoms with van der Waals surface area (Å²) in [5, 5.41) is 7.52. The molecule has 20 heavy (non-hydrogen) atoms. The molecular formula is C15H25N3O2. The minimum atomic E-state index is 0.0218. The number of amidine groups is 1. The van der Waals surface area contributed by atoms with Crippen LogP contribution in [0.15, 0.2) is 18.2 Å². The smallest absolute Gasteiger partial charge is 0.130 e. The number of likely N-dealkylation sites (N-methyl/N-ethyl adjacent to an activating group) is 1. The molecule has 0 amide bonds. The maximum atomic E-state index is 7.52. The van der Waals surface area contributed by atoms with E-state index in [-0.39, 0.29) is 5.84 Å². The standard InChI is InChI=1S/C15H25N3O2/c1-5-18(11(2)10-19-3)9-12-6-7-13(15(16)17)14(8-12)20-4/h6-8,11H,5,9-10H2,1-4H3,(H3,16,17). The van der Waals surface area contributed by atoms with Gasteiger partial charge in [-0.25, -0.2) is 0 Å². The van der Waals surface area contributed by atoms with Gasteiger partial charge in [-0.3, -0.25) is 10.3 Å². The zero-order valence-electron chi connectivity index (χ0n) is 12.8. The van der Waals surface area contributed by atoms with Crippen LogP contribution < -0.4 is 10.5 Å². The molecule has 1 aromatic rings. The Morgan fingerprint density at radius 1 is 1.40 bits per heavy atom. The third-order valence-corrected chi connectivity index (χ3v) is 3.38. The third-order valence-electron chi connectivity index (χ3n) is 3.38. The van der Waals surface area contributed by atoms with Gasteiger partial charge in [0.05, 0.1) is 19.3 Å². The summed E-state index contributed by atoms with van der Waals surface area (Å²) < 4.78 is 10.5. The first-order valence-corrected chi connectivity index (χ1v) is 6.77. The highest BCUT2D eigenvalue weighted by Gasteiger charge is 2.14. The minimum absolute atomic E-state index is 0.0218. The fourth-order valence-corrected chi connectivity index (χ4v) is 2.22. The van der Waals surface area contributed by atoms with E-state index in [1.807, 2.05) is 18.2 Å². The van der Waals surface area contributed by atoms with Crippen LogP contribution in [0, 0.1) is 5.41 Å². The molecule has 0 fully saturated rings. The second-order valence-corrected chi connectivity index (χ2v) is 4.82. The average Bonchev–Trinajstić information content (AvgIpc) is 2.44. The Labute approximate surface area is 121 Å². The van der Waals surface area contributed by atoms with Crippen LogP contribution in [0.25, 0.3) is 0 Å². The maximum Gasteiger partial charge on any atom is 0.130 e. The number of ether oxygens (including phenoxy) is 2. The number of hydrogen-bond donors (Lipinski definition) is 2. The fraction of sp³-hybridized carbons (Fsp3) is 0.533. The lowest BCUT2D eigenvalue weighted by molar-refractivity contribution is 0.0981. The average molecular weight is 279 g/mol. The molecule has 0 aromatic heterocycles. The summed E-state index contributed by atoms with van der Waals surface area (Å²) >= 11 is 0. The largest absolute Gasteiger partial charge is 0.496 e. The molecule has 1 unspecified atom stereocenters. The lowest BCUT2D eigenvalue weighted by Crippen LogP contribution is -2.35. The van der Waals surface area contributed by atoms with Crippen molar-refractivity contribution < 1.29 is 9.47 Å². The zero-order valence-corrected chi connectivity index (χ0v) is 12.8. The van der Waals surface area contributed by atoms with Gasteiger partial charge in [-0.1, -0.05) is 13.0 Å². The van der Waals surface area contributed by atoms with E-state index in [0.29, 0.717) is 24.0 Å². The van der Waals surface area contributed by atoms with Gasteiger partial charge in [-0.05, 0) is 31.2 Å². The highest BCUT2D eigenvalue weighted by molar-refractivity contribution is 5.97. The van der Waals surface area contributed by atoms with Gasteiger partial charge in [0.15, 0.2) is 0 Å². The van der Waals surface area contributed by atoms with Crippen molar-refractivity contribution in [1.29, 1.82) is 5.41 Å². The Kier molecular flexibility index (Phi) is 6.48. The molecule has 3 N–H and O–H groups in total. The van der Waals surface area contributed by atoms with Gasteiger partial charge in [0.2, 0.25) is 0 Å². The summed E-state index contributed by atoms with van der Waals surface area (Å²) in [4.78, 5) is 2.33. The van der Waals surface area contributed by atoms with Crippen molar-refractivity contribution in [2.45, 2.75) is 26.4 Å². The highest BCUT2D eigenvalue weighted by Crippen LogP contribution is 2.21. The molecule has 0 saturated heterocycles. The molecule has 5 heteroatoms. The number of benzene rings is 1. The fourth-order valence-electron chi connectivity index (χ4n) is 2.22. The molecule has 0 heterocycles. The Hall–Kier alpha value is -1.59. The van der Waals surface area contributed by atoms with Crippen molar-refractivity contribution in [3.63, 3.8) is 0 Å². The molecule has 0 saturated carbocycles. The number of nitrogens with two attached hydrogens (primary N) is 1. The van der Waals surface area contributed by atoms with Crippen LogP contribution in [-0.2, 0) is 11.3 Å². The van der Waals surface area contributed by atoms with E-state index in [2.05, 4.69) is 18.7 Å². The topological polar surface area (TPSA) is 71.6 Å². The predicted octanol–water partition coefficient (Wildman–Crippen LogP) is 1.84. The van der Waals surface area contributed by atoms with E-state index in [0.717, 1.165) is 18.7 Å². The molecule has 112 valence electrons. The zero-order chi connectivity index (χ0) is 15.1. The van der Waals surface area contributed by atoms with E-state index in [9.17, 15) is 0 Å². The lowest BCUT2D eigenvalue weighted by atomic mass is 10.1. The maximum absolute atomic E-state index is 7.52. The summed E-state index contributed by atoms with van der Waals surface area (Å²) in [6.07, 6.45) is 0. The Morgan fingerprint density at radius 3 is 2.60 bits per heavy atom. The van der Waals surface area contributed by atoms with Crippen molar-refractivity contribution in [2.75, 3.05) is 27.4 Å². The monoisotopic (exact) mass is 279 g/mol. The van der Waals surface area contributed by atoms with Gasteiger partial charge in [0, 0.05) is 19.7 Å². The second kappa shape index (κ2) is 7.87. The van der Waals surface area contributed by atoms with Crippen LogP contribution in [0.1, 0.15) is 25.0 Å². The van der Waals surface area contributed by atoms with Gasteiger partial charge >= 0.3 is 0 Å². The van der Waals surface area contributed by atoms with Crippen molar-refractivity contribution in [2.24, 2.45) is 5.73 Å². The van der Waals surface area contributed by atoms with Crippen LogP contribution >= 0.6 is 0 Å². The second-order valence-electron chi connectivity index (χ2n) is 4.82. The van der Waals surface area contributed by atoms with Crippen molar-refractivity contribution in [3.8, 4) is 5.75 Å². The lowest BCUT2D eigenvalue weighted by Gasteiger charge is -2.27. The number of nitrogens with zero attached hydrogens (tertiary/aromatic N) is 1. The molecule has 0 spiro atoms. The Bertz CT molecular complexity index is 449. The first-order valence-electron chi connectivity index (χ1n) is 6.77. The number of rotatable bonds is 8. The summed E-state index contributed by atoms with van der Waals surface area (Å²) in [6.45, 7) is 6.74. The normalized spacial score (nSPS) is 12.4. The molecule has 1 atom stereocenters. The molecule has 0 aliphatic rings. The van der Waals surface area contributed by atoms with Gasteiger partial charge < -0.3 is 15.2 Å². The van der Waals surface area contributed by atoms with E-state index in [1.165, 1.54) is 0 Å². The third kappa shape index (κ3) is 4.21. The van der Waals surface area contributed by atoms with Crippen LogP contribution in [0.2, 0.25) is 0 Å². The number of nitrogen functional groups attached to an aromatic ring is 1. The summed E-state index contributed by atoms with van der Waals surface area (Å²) in [5.41, 5.74) is 7.30. The van der Waals surface area contributed by atoms with E-state index in [1.54, 1.807) is 14.2 Å². The summed E-state index contributed by atoms with van der Waals surface area (Å²) in [5.74, 6) is 0.666. The van der Waals surface area contributed by atoms with Crippen molar-refractivity contribution in [1.82, 2.24) is 4.90 Å². The summed E-state index contributed by atoms with van der Waals surface area (Å²) in [6, 6.07) is 6.12. The molecule has 0 aliphatic carbocycles. The van der Waals surface area contributed by atoms with Gasteiger partial charge in [0.25, 0.3) is 0 Å². The number of hydrogen-bond acceptors (Lipinski definition) is 4. The van der Waals surface area contributed by atoms with E-state index < -0.39 is 0 Å². The Morgan fingerprint density at radius 2 is 2.10 bits per heavy atom. The molecule has 0 aliphatic heterocycles. The van der Waals surface area contributed by atoms with Crippen molar-refractivity contribution >= 4 is 5.84 Å². The van der Waals surface area contributed by atoms with Crippen LogP contribution in [0.3, 0.4) is 0 Å². The molecule has 1 rings (SSSR count). The Balaban J connectivity index is 2.89. The molecule has 0 radical (unpaired) electrons. The molecular weight excluding hydrogens is 254 g/mol. The molecule has 5 nitrogen and oxygen atoms in total. The molecule has 1 aromatic carbocycles. The minimum Gasteiger partial charge on any atom is -0.496 e. The SMILES string of the molecule is CCN(Cc1ccc(C(=N)N)c(OC)c1)C(C)COC. The van der Waals surface area contributed by atoms with Gasteiger partial charge in [-0.15, -0.1) is 0 Å². The predicted molar refractivity (Wildman–Crippen MR) is 81.4 cm³/mol. The van der Waals surface area contributed by atoms with E-state index in [4.69, 9.17) is 20.6 Å². The van der Waals surface area contributed by atoms with Crippen LogP contribution in [0.4, 0.5) is 0 Å². The quantitative estimate of drug-likeness (QED) is 0.562. The van der Waals surface area contributed by atoms with Gasteiger partial charge in [-0.2, -0.15) is 0 Å². The summed E-state index contributed by atoms with van der Waals surface area (Å²) in [7, 11) is 3.31. The van der Waals surface area contributed by atoms with Gasteiger partial charge in [0.1, 0.15) is 11.6 Å². The molecule has 0 bridgehead atoms. The number of methoxy groups -OCH3 is 2. The first kappa shape index (κ1) is 16.5. The number of nitrogens with one attached hydrogen (secondary N) is 1. The van der Waals surface area contributed by atoms with Crippen molar-refractivity contribution in [3.05, 3.63) is 29.3 Å². The first-order chi connectivity index (χ1) is 9.53. The van der Waals surface area contributed by atoms with E-state index >= 15 is 0 Å². The van der Waals surface area contributed by atoms with Crippen LogP contribution in [-0.4, -0.2) is 44.1 Å².